The molecule has 0 amide bonds. The minimum atomic E-state index is -1.12. The Morgan fingerprint density at radius 3 is 2.33 bits per heavy atom. The number of carbonyl (C=O) groups is 1. The van der Waals surface area contributed by atoms with Crippen LogP contribution in [-0.4, -0.2) is 36.7 Å². The van der Waals surface area contributed by atoms with Crippen LogP contribution in [0.15, 0.2) is 5.18 Å². The van der Waals surface area contributed by atoms with Gasteiger partial charge in [-0.2, -0.15) is 0 Å². The van der Waals surface area contributed by atoms with E-state index in [-0.39, 0.29) is 11.9 Å². The SMILES string of the molecule is CC(C)C(=O)OC1(N=O)CCN(C)CC1. The van der Waals surface area contributed by atoms with Crippen molar-refractivity contribution in [2.45, 2.75) is 32.4 Å². The molecule has 0 atom stereocenters. The molecule has 1 rings (SSSR count). The average Bonchev–Trinajstić information content (AvgIpc) is 2.21. The summed E-state index contributed by atoms with van der Waals surface area (Å²) in [5.74, 6) is -0.567. The summed E-state index contributed by atoms with van der Waals surface area (Å²) in [6, 6.07) is 0. The van der Waals surface area contributed by atoms with Crippen LogP contribution in [0.2, 0.25) is 0 Å². The number of likely N-dealkylation sites (tertiary alicyclic amines) is 1. The topological polar surface area (TPSA) is 59.0 Å². The molecule has 0 N–H and O–H groups in total. The zero-order valence-corrected chi connectivity index (χ0v) is 9.52. The third-order valence-electron chi connectivity index (χ3n) is 2.70. The van der Waals surface area contributed by atoms with E-state index in [4.69, 9.17) is 4.74 Å². The monoisotopic (exact) mass is 214 g/mol. The molecule has 5 heteroatoms. The summed E-state index contributed by atoms with van der Waals surface area (Å²) in [6.07, 6.45) is 0.983. The summed E-state index contributed by atoms with van der Waals surface area (Å²) in [5.41, 5.74) is -1.12. The van der Waals surface area contributed by atoms with Gasteiger partial charge in [-0.25, -0.2) is 0 Å². The number of ether oxygens (including phenoxy) is 1. The van der Waals surface area contributed by atoms with Gasteiger partial charge in [-0.05, 0) is 12.2 Å². The van der Waals surface area contributed by atoms with Crippen molar-refractivity contribution in [3.8, 4) is 0 Å². The van der Waals surface area contributed by atoms with Gasteiger partial charge in [0.05, 0.1) is 5.92 Å². The number of piperidine rings is 1. The summed E-state index contributed by atoms with van der Waals surface area (Å²) >= 11 is 0. The van der Waals surface area contributed by atoms with Gasteiger partial charge >= 0.3 is 5.97 Å². The third kappa shape index (κ3) is 2.99. The number of rotatable bonds is 3. The molecule has 1 fully saturated rings. The molecule has 1 aliphatic rings. The first-order chi connectivity index (χ1) is 6.99. The van der Waals surface area contributed by atoms with Crippen LogP contribution in [0.3, 0.4) is 0 Å². The first-order valence-corrected chi connectivity index (χ1v) is 5.25. The van der Waals surface area contributed by atoms with Crippen LogP contribution in [-0.2, 0) is 9.53 Å². The molecule has 0 spiro atoms. The lowest BCUT2D eigenvalue weighted by atomic mass is 10.0. The van der Waals surface area contributed by atoms with Crippen molar-refractivity contribution in [1.29, 1.82) is 0 Å². The number of hydrogen-bond acceptors (Lipinski definition) is 5. The molecule has 15 heavy (non-hydrogen) atoms. The van der Waals surface area contributed by atoms with E-state index in [0.29, 0.717) is 12.8 Å². The summed E-state index contributed by atoms with van der Waals surface area (Å²) in [5, 5.41) is 3.02. The lowest BCUT2D eigenvalue weighted by Crippen LogP contribution is -2.44. The minimum absolute atomic E-state index is 0.219. The molecule has 0 bridgehead atoms. The van der Waals surface area contributed by atoms with Crippen molar-refractivity contribution in [3.05, 3.63) is 4.91 Å². The van der Waals surface area contributed by atoms with Crippen molar-refractivity contribution >= 4 is 5.97 Å². The summed E-state index contributed by atoms with van der Waals surface area (Å²) in [6.45, 7) is 4.96. The Hall–Kier alpha value is -0.970. The van der Waals surface area contributed by atoms with Crippen LogP contribution >= 0.6 is 0 Å². The predicted molar refractivity (Wildman–Crippen MR) is 56.2 cm³/mol. The Bertz CT molecular complexity index is 245. The van der Waals surface area contributed by atoms with Crippen molar-refractivity contribution in [3.63, 3.8) is 0 Å². The Morgan fingerprint density at radius 1 is 1.40 bits per heavy atom. The number of nitrogens with zero attached hydrogens (tertiary/aromatic N) is 2. The van der Waals surface area contributed by atoms with E-state index in [0.717, 1.165) is 13.1 Å². The van der Waals surface area contributed by atoms with E-state index in [9.17, 15) is 9.70 Å². The standard InChI is InChI=1S/C10H18N2O3/c1-8(2)9(13)15-10(11-14)4-6-12(3)7-5-10/h8H,4-7H2,1-3H3. The second kappa shape index (κ2) is 4.70. The summed E-state index contributed by atoms with van der Waals surface area (Å²) in [4.78, 5) is 24.3. The number of carbonyl (C=O) groups excluding carboxylic acids is 1. The highest BCUT2D eigenvalue weighted by molar-refractivity contribution is 5.72. The maximum atomic E-state index is 11.4. The van der Waals surface area contributed by atoms with Gasteiger partial charge in [0.15, 0.2) is 0 Å². The maximum Gasteiger partial charge on any atom is 0.310 e. The normalized spacial score (nSPS) is 21.3. The van der Waals surface area contributed by atoms with Gasteiger partial charge in [0, 0.05) is 25.9 Å². The van der Waals surface area contributed by atoms with Gasteiger partial charge in [-0.1, -0.05) is 13.8 Å². The van der Waals surface area contributed by atoms with E-state index in [1.54, 1.807) is 13.8 Å². The van der Waals surface area contributed by atoms with Crippen molar-refractivity contribution in [1.82, 2.24) is 4.90 Å². The smallest absolute Gasteiger partial charge is 0.310 e. The first-order valence-electron chi connectivity index (χ1n) is 5.25. The molecule has 0 aromatic carbocycles. The second-order valence-corrected chi connectivity index (χ2v) is 4.42. The molecule has 5 nitrogen and oxygen atoms in total. The van der Waals surface area contributed by atoms with Gasteiger partial charge in [-0.3, -0.25) is 4.79 Å². The molecule has 1 heterocycles. The molecule has 0 unspecified atom stereocenters. The van der Waals surface area contributed by atoms with E-state index in [1.165, 1.54) is 0 Å². The van der Waals surface area contributed by atoms with Crippen LogP contribution in [0.1, 0.15) is 26.7 Å². The van der Waals surface area contributed by atoms with E-state index >= 15 is 0 Å². The highest BCUT2D eigenvalue weighted by atomic mass is 16.6. The number of esters is 1. The van der Waals surface area contributed by atoms with Gasteiger partial charge in [-0.15, -0.1) is 4.91 Å². The average molecular weight is 214 g/mol. The molecule has 0 aromatic heterocycles. The van der Waals surface area contributed by atoms with Gasteiger partial charge in [0.1, 0.15) is 0 Å². The minimum Gasteiger partial charge on any atom is -0.433 e. The number of hydrogen-bond donors (Lipinski definition) is 0. The molecule has 1 aliphatic heterocycles. The molecule has 0 aromatic rings. The van der Waals surface area contributed by atoms with Crippen LogP contribution in [0.5, 0.6) is 0 Å². The van der Waals surface area contributed by atoms with Crippen molar-refractivity contribution in [2.75, 3.05) is 20.1 Å². The van der Waals surface area contributed by atoms with E-state index in [1.807, 2.05) is 7.05 Å². The second-order valence-electron chi connectivity index (χ2n) is 4.42. The Morgan fingerprint density at radius 2 is 1.93 bits per heavy atom. The molecule has 0 radical (unpaired) electrons. The highest BCUT2D eigenvalue weighted by Crippen LogP contribution is 2.28. The van der Waals surface area contributed by atoms with Crippen molar-refractivity contribution < 1.29 is 9.53 Å². The van der Waals surface area contributed by atoms with Crippen LogP contribution in [0.4, 0.5) is 0 Å². The Balaban J connectivity index is 2.61. The fourth-order valence-corrected chi connectivity index (χ4v) is 1.49. The fraction of sp³-hybridized carbons (Fsp3) is 0.900. The molecular formula is C10H18N2O3. The fourth-order valence-electron chi connectivity index (χ4n) is 1.49. The lowest BCUT2D eigenvalue weighted by Gasteiger charge is -2.34. The molecule has 86 valence electrons. The Kier molecular flexibility index (Phi) is 3.79. The van der Waals surface area contributed by atoms with E-state index < -0.39 is 5.72 Å². The zero-order valence-electron chi connectivity index (χ0n) is 9.52. The molecule has 0 saturated carbocycles. The lowest BCUT2D eigenvalue weighted by molar-refractivity contribution is -0.167. The molecule has 1 saturated heterocycles. The summed E-state index contributed by atoms with van der Waals surface area (Å²) < 4.78 is 5.19. The van der Waals surface area contributed by atoms with Gasteiger partial charge in [0.25, 0.3) is 0 Å². The van der Waals surface area contributed by atoms with Gasteiger partial charge in [0.2, 0.25) is 5.72 Å². The largest absolute Gasteiger partial charge is 0.433 e. The molecule has 0 aliphatic carbocycles. The maximum absolute atomic E-state index is 11.4. The van der Waals surface area contributed by atoms with Crippen LogP contribution in [0, 0.1) is 10.8 Å². The Labute approximate surface area is 89.7 Å². The van der Waals surface area contributed by atoms with Crippen LogP contribution in [0.25, 0.3) is 0 Å². The predicted octanol–water partition coefficient (Wildman–Crippen LogP) is 1.37. The first kappa shape index (κ1) is 12.1. The number of nitroso groups, excluding NO2 is 1. The third-order valence-corrected chi connectivity index (χ3v) is 2.70. The van der Waals surface area contributed by atoms with Crippen LogP contribution < -0.4 is 0 Å². The quantitative estimate of drug-likeness (QED) is 0.526. The highest BCUT2D eigenvalue weighted by Gasteiger charge is 2.39. The summed E-state index contributed by atoms with van der Waals surface area (Å²) in [7, 11) is 1.97. The van der Waals surface area contributed by atoms with E-state index in [2.05, 4.69) is 10.1 Å². The zero-order chi connectivity index (χ0) is 11.5. The van der Waals surface area contributed by atoms with Gasteiger partial charge < -0.3 is 9.64 Å². The molecular weight excluding hydrogens is 196 g/mol. The van der Waals surface area contributed by atoms with Crippen molar-refractivity contribution in [2.24, 2.45) is 11.1 Å².